The number of ether oxygens (including phenoxy) is 1. The molecule has 29 heavy (non-hydrogen) atoms. The summed E-state index contributed by atoms with van der Waals surface area (Å²) in [5, 5.41) is 11.6. The lowest BCUT2D eigenvalue weighted by Gasteiger charge is -2.31. The molecule has 2 aromatic rings. The summed E-state index contributed by atoms with van der Waals surface area (Å²) in [5.74, 6) is 0.550. The molecule has 0 saturated carbocycles. The largest absolute Gasteiger partial charge is 0.450 e. The van der Waals surface area contributed by atoms with Gasteiger partial charge in [0.2, 0.25) is 15.8 Å². The van der Waals surface area contributed by atoms with Crippen LogP contribution in [-0.4, -0.2) is 55.8 Å². The summed E-state index contributed by atoms with van der Waals surface area (Å²) in [5.41, 5.74) is 2.11. The molecule has 0 radical (unpaired) electrons. The number of fused-ring (bicyclic) bond motifs is 1. The van der Waals surface area contributed by atoms with Crippen molar-refractivity contribution in [2.45, 2.75) is 24.2 Å². The summed E-state index contributed by atoms with van der Waals surface area (Å²) in [7, 11) is -1.86. The number of aryl methyl sites for hydroxylation is 2. The third-order valence-electron chi connectivity index (χ3n) is 5.52. The quantitative estimate of drug-likeness (QED) is 0.549. The number of nitro benzene ring substituents is 1. The van der Waals surface area contributed by atoms with E-state index in [1.165, 1.54) is 27.6 Å². The molecule has 0 N–H and O–H groups in total. The van der Waals surface area contributed by atoms with E-state index in [0.29, 0.717) is 31.9 Å². The highest BCUT2D eigenvalue weighted by molar-refractivity contribution is 7.89. The van der Waals surface area contributed by atoms with Crippen molar-refractivity contribution in [3.63, 3.8) is 0 Å². The van der Waals surface area contributed by atoms with Gasteiger partial charge >= 0.3 is 5.69 Å². The van der Waals surface area contributed by atoms with E-state index >= 15 is 0 Å². The molecule has 1 aliphatic carbocycles. The molecule has 0 aromatic heterocycles. The van der Waals surface area contributed by atoms with E-state index in [0.717, 1.165) is 25.3 Å². The van der Waals surface area contributed by atoms with Crippen molar-refractivity contribution in [3.8, 4) is 11.5 Å². The van der Waals surface area contributed by atoms with Crippen LogP contribution < -0.4 is 4.74 Å². The van der Waals surface area contributed by atoms with Crippen LogP contribution in [0.5, 0.6) is 11.5 Å². The van der Waals surface area contributed by atoms with Crippen LogP contribution in [0.25, 0.3) is 0 Å². The third kappa shape index (κ3) is 3.98. The topological polar surface area (TPSA) is 93.0 Å². The van der Waals surface area contributed by atoms with Crippen molar-refractivity contribution in [1.82, 2.24) is 9.21 Å². The number of likely N-dealkylation sites (N-methyl/N-ethyl adjacent to an activating group) is 1. The van der Waals surface area contributed by atoms with E-state index in [2.05, 4.69) is 0 Å². The molecule has 0 bridgehead atoms. The Balaban J connectivity index is 1.62. The van der Waals surface area contributed by atoms with Gasteiger partial charge in [-0.2, -0.15) is 4.31 Å². The van der Waals surface area contributed by atoms with Crippen LogP contribution in [0, 0.1) is 10.1 Å². The lowest BCUT2D eigenvalue weighted by atomic mass is 10.1. The van der Waals surface area contributed by atoms with E-state index in [1.807, 2.05) is 24.1 Å². The molecule has 0 atom stereocenters. The zero-order valence-electron chi connectivity index (χ0n) is 16.2. The molecule has 1 saturated heterocycles. The molecule has 0 amide bonds. The van der Waals surface area contributed by atoms with Gasteiger partial charge in [0, 0.05) is 32.2 Å². The Labute approximate surface area is 169 Å². The number of nitrogens with zero attached hydrogens (tertiary/aromatic N) is 3. The summed E-state index contributed by atoms with van der Waals surface area (Å²) in [6.45, 7) is 1.97. The first-order valence-corrected chi connectivity index (χ1v) is 11.1. The SMILES string of the molecule is CN1CCN(S(=O)(=O)c2ccc(Oc3ccc4c(c3)CCC4)c([N+](=O)[O-])c2)CC1. The van der Waals surface area contributed by atoms with E-state index < -0.39 is 14.9 Å². The van der Waals surface area contributed by atoms with Crippen LogP contribution >= 0.6 is 0 Å². The number of hydrogen-bond acceptors (Lipinski definition) is 6. The van der Waals surface area contributed by atoms with Gasteiger partial charge in [-0.15, -0.1) is 0 Å². The van der Waals surface area contributed by atoms with Crippen molar-refractivity contribution >= 4 is 15.7 Å². The summed E-state index contributed by atoms with van der Waals surface area (Å²) in [4.78, 5) is 13.0. The van der Waals surface area contributed by atoms with E-state index in [-0.39, 0.29) is 16.3 Å². The fourth-order valence-corrected chi connectivity index (χ4v) is 5.25. The first-order chi connectivity index (χ1) is 13.8. The average molecular weight is 417 g/mol. The molecular weight excluding hydrogens is 394 g/mol. The molecule has 1 heterocycles. The van der Waals surface area contributed by atoms with Gasteiger partial charge in [0.05, 0.1) is 9.82 Å². The second-order valence-corrected chi connectivity index (χ2v) is 9.42. The van der Waals surface area contributed by atoms with E-state index in [4.69, 9.17) is 4.74 Å². The van der Waals surface area contributed by atoms with Crippen molar-refractivity contribution < 1.29 is 18.1 Å². The van der Waals surface area contributed by atoms with Crippen molar-refractivity contribution in [3.05, 3.63) is 57.6 Å². The van der Waals surface area contributed by atoms with Gasteiger partial charge < -0.3 is 9.64 Å². The molecular formula is C20H23N3O5S. The number of sulfonamides is 1. The first kappa shape index (κ1) is 19.8. The number of hydrogen-bond donors (Lipinski definition) is 0. The minimum atomic E-state index is -3.79. The Kier molecular flexibility index (Phi) is 5.28. The van der Waals surface area contributed by atoms with Crippen LogP contribution in [0.4, 0.5) is 5.69 Å². The zero-order chi connectivity index (χ0) is 20.6. The maximum atomic E-state index is 12.9. The summed E-state index contributed by atoms with van der Waals surface area (Å²) >= 11 is 0. The highest BCUT2D eigenvalue weighted by Gasteiger charge is 2.30. The van der Waals surface area contributed by atoms with Crippen LogP contribution in [0.3, 0.4) is 0 Å². The second-order valence-electron chi connectivity index (χ2n) is 7.48. The Hall–Kier alpha value is -2.49. The minimum Gasteiger partial charge on any atom is -0.450 e. The molecule has 154 valence electrons. The molecule has 1 aliphatic heterocycles. The number of benzene rings is 2. The third-order valence-corrected chi connectivity index (χ3v) is 7.42. The maximum absolute atomic E-state index is 12.9. The Morgan fingerprint density at radius 1 is 1.00 bits per heavy atom. The Morgan fingerprint density at radius 2 is 1.72 bits per heavy atom. The molecule has 1 fully saturated rings. The van der Waals surface area contributed by atoms with Gasteiger partial charge in [0.15, 0.2) is 0 Å². The van der Waals surface area contributed by atoms with Gasteiger partial charge in [-0.3, -0.25) is 10.1 Å². The zero-order valence-corrected chi connectivity index (χ0v) is 17.0. The fraction of sp³-hybridized carbons (Fsp3) is 0.400. The fourth-order valence-electron chi connectivity index (χ4n) is 3.80. The number of piperazine rings is 1. The van der Waals surface area contributed by atoms with Gasteiger partial charge in [-0.25, -0.2) is 8.42 Å². The summed E-state index contributed by atoms with van der Waals surface area (Å²) in [6, 6.07) is 9.52. The summed E-state index contributed by atoms with van der Waals surface area (Å²) in [6.07, 6.45) is 3.10. The minimum absolute atomic E-state index is 0.0327. The first-order valence-electron chi connectivity index (χ1n) is 9.61. The lowest BCUT2D eigenvalue weighted by molar-refractivity contribution is -0.385. The molecule has 2 aromatic carbocycles. The number of nitro groups is 1. The predicted octanol–water partition coefficient (Wildman–Crippen LogP) is 2.81. The van der Waals surface area contributed by atoms with E-state index in [9.17, 15) is 18.5 Å². The monoisotopic (exact) mass is 417 g/mol. The summed E-state index contributed by atoms with van der Waals surface area (Å²) < 4.78 is 33.0. The standard InChI is InChI=1S/C20H23N3O5S/c1-21-9-11-22(12-10-21)29(26,27)18-7-8-20(19(14-18)23(24)25)28-17-6-5-15-3-2-4-16(15)13-17/h5-8,13-14H,2-4,9-12H2,1H3. The van der Waals surface area contributed by atoms with Gasteiger partial charge in [0.25, 0.3) is 0 Å². The van der Waals surface area contributed by atoms with Gasteiger partial charge in [-0.1, -0.05) is 6.07 Å². The van der Waals surface area contributed by atoms with Crippen molar-refractivity contribution in [2.75, 3.05) is 33.2 Å². The van der Waals surface area contributed by atoms with E-state index in [1.54, 1.807) is 6.07 Å². The van der Waals surface area contributed by atoms with Gasteiger partial charge in [-0.05, 0) is 61.7 Å². The van der Waals surface area contributed by atoms with Crippen molar-refractivity contribution in [1.29, 1.82) is 0 Å². The highest BCUT2D eigenvalue weighted by Crippen LogP contribution is 2.36. The normalized spacial score (nSPS) is 17.8. The predicted molar refractivity (Wildman–Crippen MR) is 108 cm³/mol. The molecule has 0 spiro atoms. The lowest BCUT2D eigenvalue weighted by Crippen LogP contribution is -2.47. The molecule has 2 aliphatic rings. The molecule has 4 rings (SSSR count). The smallest absolute Gasteiger partial charge is 0.312 e. The Morgan fingerprint density at radius 3 is 2.45 bits per heavy atom. The molecule has 0 unspecified atom stereocenters. The highest BCUT2D eigenvalue weighted by atomic mass is 32.2. The molecule has 8 nitrogen and oxygen atoms in total. The van der Waals surface area contributed by atoms with Gasteiger partial charge in [0.1, 0.15) is 5.75 Å². The number of rotatable bonds is 5. The van der Waals surface area contributed by atoms with Crippen LogP contribution in [0.2, 0.25) is 0 Å². The Bertz CT molecular complexity index is 1050. The maximum Gasteiger partial charge on any atom is 0.312 e. The van der Waals surface area contributed by atoms with Crippen LogP contribution in [0.15, 0.2) is 41.3 Å². The van der Waals surface area contributed by atoms with Crippen LogP contribution in [-0.2, 0) is 22.9 Å². The molecule has 9 heteroatoms. The van der Waals surface area contributed by atoms with Crippen molar-refractivity contribution in [2.24, 2.45) is 0 Å². The van der Waals surface area contributed by atoms with Crippen LogP contribution in [0.1, 0.15) is 17.5 Å². The average Bonchev–Trinajstić information content (AvgIpc) is 3.16. The second kappa shape index (κ2) is 7.74.